The van der Waals surface area contributed by atoms with Gasteiger partial charge in [-0.2, -0.15) is 0 Å². The van der Waals surface area contributed by atoms with E-state index in [1.54, 1.807) is 0 Å². The molecule has 0 aromatic heterocycles. The van der Waals surface area contributed by atoms with Crippen LogP contribution in [0.5, 0.6) is 0 Å². The maximum Gasteiger partial charge on any atom is 0.241 e. The zero-order chi connectivity index (χ0) is 12.6. The predicted octanol–water partition coefficient (Wildman–Crippen LogP) is 0.679. The van der Waals surface area contributed by atoms with Gasteiger partial charge in [-0.3, -0.25) is 4.79 Å². The van der Waals surface area contributed by atoms with Gasteiger partial charge in [0.15, 0.2) is 0 Å². The molecule has 1 unspecified atom stereocenters. The van der Waals surface area contributed by atoms with Crippen LogP contribution in [0.4, 0.5) is 0 Å². The molecule has 17 heavy (non-hydrogen) atoms. The SMILES string of the molecule is CN(C)CC1NCCC(C)(C)N(C2CC2)C1=O. The van der Waals surface area contributed by atoms with Crippen LogP contribution in [0.3, 0.4) is 0 Å². The van der Waals surface area contributed by atoms with Crippen molar-refractivity contribution in [1.29, 1.82) is 0 Å². The van der Waals surface area contributed by atoms with Gasteiger partial charge in [0.25, 0.3) is 0 Å². The van der Waals surface area contributed by atoms with Crippen LogP contribution >= 0.6 is 0 Å². The van der Waals surface area contributed by atoms with E-state index < -0.39 is 0 Å². The molecular formula is C13H25N3O. The van der Waals surface area contributed by atoms with E-state index >= 15 is 0 Å². The molecule has 2 aliphatic rings. The van der Waals surface area contributed by atoms with Crippen LogP contribution < -0.4 is 5.32 Å². The highest BCUT2D eigenvalue weighted by Crippen LogP contribution is 2.35. The van der Waals surface area contributed by atoms with Crippen LogP contribution in [-0.4, -0.2) is 60.5 Å². The second-order valence-electron chi connectivity index (χ2n) is 6.27. The Kier molecular flexibility index (Phi) is 3.46. The van der Waals surface area contributed by atoms with E-state index in [0.717, 1.165) is 19.5 Å². The Morgan fingerprint density at radius 3 is 2.59 bits per heavy atom. The molecule has 4 nitrogen and oxygen atoms in total. The molecule has 1 amide bonds. The summed E-state index contributed by atoms with van der Waals surface area (Å²) in [4.78, 5) is 16.9. The molecular weight excluding hydrogens is 214 g/mol. The van der Waals surface area contributed by atoms with Crippen molar-refractivity contribution >= 4 is 5.91 Å². The van der Waals surface area contributed by atoms with Crippen molar-refractivity contribution < 1.29 is 4.79 Å². The lowest BCUT2D eigenvalue weighted by Gasteiger charge is -2.38. The minimum atomic E-state index is -0.0348. The van der Waals surface area contributed by atoms with Crippen LogP contribution in [0.25, 0.3) is 0 Å². The summed E-state index contributed by atoms with van der Waals surface area (Å²) in [6, 6.07) is 0.467. The van der Waals surface area contributed by atoms with Gasteiger partial charge in [-0.1, -0.05) is 0 Å². The minimum Gasteiger partial charge on any atom is -0.333 e. The normalized spacial score (nSPS) is 29.6. The molecule has 1 aliphatic carbocycles. The first kappa shape index (κ1) is 12.8. The predicted molar refractivity (Wildman–Crippen MR) is 68.9 cm³/mol. The zero-order valence-corrected chi connectivity index (χ0v) is 11.5. The molecule has 1 saturated carbocycles. The van der Waals surface area contributed by atoms with Gasteiger partial charge >= 0.3 is 0 Å². The van der Waals surface area contributed by atoms with E-state index in [4.69, 9.17) is 0 Å². The second kappa shape index (κ2) is 4.58. The van der Waals surface area contributed by atoms with Crippen molar-refractivity contribution in [3.63, 3.8) is 0 Å². The van der Waals surface area contributed by atoms with Crippen LogP contribution in [0.2, 0.25) is 0 Å². The number of likely N-dealkylation sites (N-methyl/N-ethyl adjacent to an activating group) is 1. The summed E-state index contributed by atoms with van der Waals surface area (Å²) >= 11 is 0. The molecule has 1 saturated heterocycles. The van der Waals surface area contributed by atoms with E-state index in [1.807, 2.05) is 14.1 Å². The highest BCUT2D eigenvalue weighted by atomic mass is 16.2. The second-order valence-corrected chi connectivity index (χ2v) is 6.27. The molecule has 0 aromatic rings. The molecule has 2 fully saturated rings. The van der Waals surface area contributed by atoms with Crippen molar-refractivity contribution in [2.45, 2.75) is 50.7 Å². The highest BCUT2D eigenvalue weighted by Gasteiger charge is 2.45. The van der Waals surface area contributed by atoms with Crippen molar-refractivity contribution in [3.05, 3.63) is 0 Å². The minimum absolute atomic E-state index is 0.00626. The van der Waals surface area contributed by atoms with E-state index in [0.29, 0.717) is 11.9 Å². The Morgan fingerprint density at radius 1 is 1.41 bits per heavy atom. The topological polar surface area (TPSA) is 35.6 Å². The van der Waals surface area contributed by atoms with Gasteiger partial charge in [0, 0.05) is 18.1 Å². The number of hydrogen-bond donors (Lipinski definition) is 1. The Labute approximate surface area is 104 Å². The van der Waals surface area contributed by atoms with Crippen LogP contribution in [0, 0.1) is 0 Å². The van der Waals surface area contributed by atoms with Gasteiger partial charge in [-0.15, -0.1) is 0 Å². The quantitative estimate of drug-likeness (QED) is 0.786. The Bertz CT molecular complexity index is 297. The fourth-order valence-electron chi connectivity index (χ4n) is 2.74. The monoisotopic (exact) mass is 239 g/mol. The molecule has 1 aliphatic heterocycles. The summed E-state index contributed by atoms with van der Waals surface area (Å²) in [5.41, 5.74) is 0.00626. The lowest BCUT2D eigenvalue weighted by atomic mass is 9.98. The molecule has 2 rings (SSSR count). The molecule has 0 bridgehead atoms. The zero-order valence-electron chi connectivity index (χ0n) is 11.5. The van der Waals surface area contributed by atoms with Gasteiger partial charge in [0.05, 0.1) is 6.04 Å². The number of amides is 1. The standard InChI is InChI=1S/C13H25N3O/c1-13(2)7-8-14-11(9-15(3)4)12(17)16(13)10-5-6-10/h10-11,14H,5-9H2,1-4H3. The lowest BCUT2D eigenvalue weighted by Crippen LogP contribution is -2.54. The van der Waals surface area contributed by atoms with Crippen LogP contribution in [0.15, 0.2) is 0 Å². The van der Waals surface area contributed by atoms with Crippen LogP contribution in [0.1, 0.15) is 33.1 Å². The molecule has 98 valence electrons. The number of hydrogen-bond acceptors (Lipinski definition) is 3. The fourth-order valence-corrected chi connectivity index (χ4v) is 2.74. The molecule has 0 spiro atoms. The first-order chi connectivity index (χ1) is 7.92. The lowest BCUT2D eigenvalue weighted by molar-refractivity contribution is -0.138. The number of rotatable bonds is 3. The van der Waals surface area contributed by atoms with Gasteiger partial charge in [-0.25, -0.2) is 0 Å². The molecule has 1 N–H and O–H groups in total. The smallest absolute Gasteiger partial charge is 0.241 e. The van der Waals surface area contributed by atoms with E-state index in [2.05, 4.69) is 29.0 Å². The highest BCUT2D eigenvalue weighted by molar-refractivity contribution is 5.83. The molecule has 4 heteroatoms. The summed E-state index contributed by atoms with van der Waals surface area (Å²) < 4.78 is 0. The van der Waals surface area contributed by atoms with Gasteiger partial charge in [0.1, 0.15) is 0 Å². The van der Waals surface area contributed by atoms with E-state index in [-0.39, 0.29) is 11.6 Å². The largest absolute Gasteiger partial charge is 0.333 e. The third kappa shape index (κ3) is 2.80. The van der Waals surface area contributed by atoms with Crippen molar-refractivity contribution in [2.75, 3.05) is 27.2 Å². The number of nitrogens with zero attached hydrogens (tertiary/aromatic N) is 2. The number of carbonyl (C=O) groups is 1. The first-order valence-electron chi connectivity index (χ1n) is 6.63. The van der Waals surface area contributed by atoms with E-state index in [1.165, 1.54) is 12.8 Å². The number of carbonyl (C=O) groups excluding carboxylic acids is 1. The van der Waals surface area contributed by atoms with Gasteiger partial charge in [-0.05, 0) is 53.8 Å². The summed E-state index contributed by atoms with van der Waals surface area (Å²) in [5.74, 6) is 0.295. The molecule has 0 radical (unpaired) electrons. The molecule has 1 atom stereocenters. The third-order valence-corrected chi connectivity index (χ3v) is 3.77. The Morgan fingerprint density at radius 2 is 2.06 bits per heavy atom. The van der Waals surface area contributed by atoms with Crippen molar-refractivity contribution in [1.82, 2.24) is 15.1 Å². The van der Waals surface area contributed by atoms with Crippen molar-refractivity contribution in [3.8, 4) is 0 Å². The maximum absolute atomic E-state index is 12.6. The Balaban J connectivity index is 2.15. The molecule has 0 aromatic carbocycles. The summed E-state index contributed by atoms with van der Waals surface area (Å²) in [7, 11) is 4.04. The maximum atomic E-state index is 12.6. The van der Waals surface area contributed by atoms with Crippen LogP contribution in [-0.2, 0) is 4.79 Å². The fraction of sp³-hybridized carbons (Fsp3) is 0.923. The summed E-state index contributed by atoms with van der Waals surface area (Å²) in [6.07, 6.45) is 3.41. The van der Waals surface area contributed by atoms with E-state index in [9.17, 15) is 4.79 Å². The van der Waals surface area contributed by atoms with Gasteiger partial charge in [0.2, 0.25) is 5.91 Å². The average Bonchev–Trinajstić information content (AvgIpc) is 2.98. The first-order valence-corrected chi connectivity index (χ1v) is 6.63. The van der Waals surface area contributed by atoms with Gasteiger partial charge < -0.3 is 15.1 Å². The Hall–Kier alpha value is -0.610. The van der Waals surface area contributed by atoms with Crippen molar-refractivity contribution in [2.24, 2.45) is 0 Å². The summed E-state index contributed by atoms with van der Waals surface area (Å²) in [6.45, 7) is 6.12. The summed E-state index contributed by atoms with van der Waals surface area (Å²) in [5, 5.41) is 3.40. The number of nitrogens with one attached hydrogen (secondary N) is 1. The molecule has 1 heterocycles. The third-order valence-electron chi connectivity index (χ3n) is 3.77. The average molecular weight is 239 g/mol.